The third-order valence-electron chi connectivity index (χ3n) is 4.36. The Bertz CT molecular complexity index is 838. The predicted octanol–water partition coefficient (Wildman–Crippen LogP) is 3.74. The zero-order valence-corrected chi connectivity index (χ0v) is 16.0. The molecule has 0 radical (unpaired) electrons. The summed E-state index contributed by atoms with van der Waals surface area (Å²) in [7, 11) is 1.53. The average molecular weight is 389 g/mol. The van der Waals surface area contributed by atoms with Crippen LogP contribution in [0, 0.1) is 5.92 Å². The second kappa shape index (κ2) is 8.31. The van der Waals surface area contributed by atoms with Crippen LogP contribution in [-0.4, -0.2) is 32.1 Å². The van der Waals surface area contributed by atoms with Gasteiger partial charge in [-0.25, -0.2) is 0 Å². The van der Waals surface area contributed by atoms with Gasteiger partial charge in [-0.3, -0.25) is 9.59 Å². The fourth-order valence-corrected chi connectivity index (χ4v) is 3.20. The van der Waals surface area contributed by atoms with Gasteiger partial charge in [-0.1, -0.05) is 11.6 Å². The summed E-state index contributed by atoms with van der Waals surface area (Å²) in [6, 6.07) is 12.2. The quantitative estimate of drug-likeness (QED) is 0.818. The highest BCUT2D eigenvalue weighted by Crippen LogP contribution is 2.35. The summed E-state index contributed by atoms with van der Waals surface area (Å²) < 4.78 is 10.7. The number of hydrogen-bond acceptors (Lipinski definition) is 4. The predicted molar refractivity (Wildman–Crippen MR) is 105 cm³/mol. The average Bonchev–Trinajstić information content (AvgIpc) is 3.05. The SMILES string of the molecule is CCOc1ccc(NC(=O)C2CC(=O)N(c3cc(Cl)ccc3OC)C2)cc1. The van der Waals surface area contributed by atoms with E-state index in [9.17, 15) is 9.59 Å². The highest BCUT2D eigenvalue weighted by molar-refractivity contribution is 6.31. The van der Waals surface area contributed by atoms with Crippen molar-refractivity contribution < 1.29 is 19.1 Å². The molecule has 1 fully saturated rings. The Hall–Kier alpha value is -2.73. The van der Waals surface area contributed by atoms with Crippen LogP contribution in [0.25, 0.3) is 0 Å². The second-order valence-corrected chi connectivity index (χ2v) is 6.60. The molecular formula is C20H21ClN2O4. The molecule has 2 aromatic rings. The minimum atomic E-state index is -0.451. The molecule has 2 amide bonds. The van der Waals surface area contributed by atoms with Gasteiger partial charge in [0.2, 0.25) is 11.8 Å². The summed E-state index contributed by atoms with van der Waals surface area (Å²) in [4.78, 5) is 26.6. The Morgan fingerprint density at radius 2 is 2.00 bits per heavy atom. The maximum atomic E-state index is 12.6. The Labute approximate surface area is 163 Å². The standard InChI is InChI=1S/C20H21ClN2O4/c1-3-27-16-7-5-15(6-8-16)22-20(25)13-10-19(24)23(12-13)17-11-14(21)4-9-18(17)26-2/h4-9,11,13H,3,10,12H2,1-2H3,(H,22,25). The number of nitrogens with one attached hydrogen (secondary N) is 1. The first kappa shape index (κ1) is 19.0. The summed E-state index contributed by atoms with van der Waals surface area (Å²) in [5, 5.41) is 3.36. The number of carbonyl (C=O) groups is 2. The summed E-state index contributed by atoms with van der Waals surface area (Å²) in [6.07, 6.45) is 0.137. The van der Waals surface area contributed by atoms with Crippen LogP contribution in [0.4, 0.5) is 11.4 Å². The molecule has 142 valence electrons. The maximum absolute atomic E-state index is 12.6. The van der Waals surface area contributed by atoms with Gasteiger partial charge in [0.15, 0.2) is 0 Å². The van der Waals surface area contributed by atoms with E-state index in [-0.39, 0.29) is 24.8 Å². The van der Waals surface area contributed by atoms with Crippen LogP contribution < -0.4 is 19.7 Å². The van der Waals surface area contributed by atoms with E-state index in [1.54, 1.807) is 47.4 Å². The number of methoxy groups -OCH3 is 1. The second-order valence-electron chi connectivity index (χ2n) is 6.17. The van der Waals surface area contributed by atoms with Crippen LogP contribution in [0.2, 0.25) is 5.02 Å². The van der Waals surface area contributed by atoms with E-state index < -0.39 is 5.92 Å². The van der Waals surface area contributed by atoms with Crippen LogP contribution in [-0.2, 0) is 9.59 Å². The maximum Gasteiger partial charge on any atom is 0.229 e. The minimum absolute atomic E-state index is 0.137. The zero-order valence-electron chi connectivity index (χ0n) is 15.2. The molecule has 6 nitrogen and oxygen atoms in total. The molecule has 1 aliphatic heterocycles. The minimum Gasteiger partial charge on any atom is -0.495 e. The molecule has 0 aromatic heterocycles. The molecule has 1 heterocycles. The van der Waals surface area contributed by atoms with Gasteiger partial charge < -0.3 is 19.7 Å². The van der Waals surface area contributed by atoms with Crippen molar-refractivity contribution in [2.75, 3.05) is 30.5 Å². The van der Waals surface area contributed by atoms with Crippen molar-refractivity contribution in [2.45, 2.75) is 13.3 Å². The molecular weight excluding hydrogens is 368 g/mol. The summed E-state index contributed by atoms with van der Waals surface area (Å²) in [5.41, 5.74) is 1.24. The van der Waals surface area contributed by atoms with E-state index in [2.05, 4.69) is 5.32 Å². The van der Waals surface area contributed by atoms with Gasteiger partial charge in [-0.05, 0) is 49.4 Å². The fraction of sp³-hybridized carbons (Fsp3) is 0.300. The number of halogens is 1. The first-order valence-corrected chi connectivity index (χ1v) is 9.07. The van der Waals surface area contributed by atoms with Crippen LogP contribution in [0.5, 0.6) is 11.5 Å². The highest BCUT2D eigenvalue weighted by atomic mass is 35.5. The van der Waals surface area contributed by atoms with Crippen molar-refractivity contribution in [3.05, 3.63) is 47.5 Å². The molecule has 1 saturated heterocycles. The van der Waals surface area contributed by atoms with E-state index in [1.807, 2.05) is 6.92 Å². The first-order valence-electron chi connectivity index (χ1n) is 8.69. The lowest BCUT2D eigenvalue weighted by Gasteiger charge is -2.20. The smallest absolute Gasteiger partial charge is 0.229 e. The van der Waals surface area contributed by atoms with Crippen LogP contribution >= 0.6 is 11.6 Å². The van der Waals surface area contributed by atoms with E-state index in [1.165, 1.54) is 7.11 Å². The van der Waals surface area contributed by atoms with Crippen LogP contribution in [0.3, 0.4) is 0 Å². The molecule has 1 unspecified atom stereocenters. The molecule has 1 atom stereocenters. The lowest BCUT2D eigenvalue weighted by atomic mass is 10.1. The number of hydrogen-bond donors (Lipinski definition) is 1. The number of carbonyl (C=O) groups excluding carboxylic acids is 2. The summed E-state index contributed by atoms with van der Waals surface area (Å²) >= 11 is 6.06. The van der Waals surface area contributed by atoms with Gasteiger partial charge in [0.1, 0.15) is 11.5 Å². The topological polar surface area (TPSA) is 67.9 Å². The van der Waals surface area contributed by atoms with Crippen molar-refractivity contribution in [1.82, 2.24) is 0 Å². The van der Waals surface area contributed by atoms with Crippen molar-refractivity contribution in [1.29, 1.82) is 0 Å². The van der Waals surface area contributed by atoms with E-state index in [0.29, 0.717) is 28.8 Å². The summed E-state index contributed by atoms with van der Waals surface area (Å²) in [5.74, 6) is 0.497. The van der Waals surface area contributed by atoms with Crippen LogP contribution in [0.15, 0.2) is 42.5 Å². The molecule has 2 aromatic carbocycles. The molecule has 0 saturated carbocycles. The van der Waals surface area contributed by atoms with Crippen molar-refractivity contribution in [3.63, 3.8) is 0 Å². The third kappa shape index (κ3) is 4.34. The Kier molecular flexibility index (Phi) is 5.86. The van der Waals surface area contributed by atoms with E-state index in [4.69, 9.17) is 21.1 Å². The molecule has 0 aliphatic carbocycles. The molecule has 1 aliphatic rings. The van der Waals surface area contributed by atoms with Gasteiger partial charge in [-0.15, -0.1) is 0 Å². The molecule has 27 heavy (non-hydrogen) atoms. The lowest BCUT2D eigenvalue weighted by Crippen LogP contribution is -2.28. The monoisotopic (exact) mass is 388 g/mol. The highest BCUT2D eigenvalue weighted by Gasteiger charge is 2.36. The summed E-state index contributed by atoms with van der Waals surface area (Å²) in [6.45, 7) is 2.77. The van der Waals surface area contributed by atoms with Gasteiger partial charge in [0.25, 0.3) is 0 Å². The molecule has 0 spiro atoms. The number of nitrogens with zero attached hydrogens (tertiary/aromatic N) is 1. The number of benzene rings is 2. The largest absolute Gasteiger partial charge is 0.495 e. The van der Waals surface area contributed by atoms with E-state index in [0.717, 1.165) is 5.75 Å². The molecule has 3 rings (SSSR count). The Morgan fingerprint density at radius 1 is 1.26 bits per heavy atom. The van der Waals surface area contributed by atoms with Crippen molar-refractivity contribution in [2.24, 2.45) is 5.92 Å². The molecule has 0 bridgehead atoms. The van der Waals surface area contributed by atoms with Gasteiger partial charge in [0, 0.05) is 23.7 Å². The number of ether oxygens (including phenoxy) is 2. The van der Waals surface area contributed by atoms with Gasteiger partial charge in [0.05, 0.1) is 25.3 Å². The lowest BCUT2D eigenvalue weighted by molar-refractivity contribution is -0.122. The Morgan fingerprint density at radius 3 is 2.67 bits per heavy atom. The fourth-order valence-electron chi connectivity index (χ4n) is 3.04. The first-order chi connectivity index (χ1) is 13.0. The number of amides is 2. The normalized spacial score (nSPS) is 16.3. The number of rotatable bonds is 6. The number of anilines is 2. The Balaban J connectivity index is 1.69. The third-order valence-corrected chi connectivity index (χ3v) is 4.60. The van der Waals surface area contributed by atoms with Gasteiger partial charge >= 0.3 is 0 Å². The molecule has 1 N–H and O–H groups in total. The van der Waals surface area contributed by atoms with Gasteiger partial charge in [-0.2, -0.15) is 0 Å². The molecule has 7 heteroatoms. The zero-order chi connectivity index (χ0) is 19.4. The van der Waals surface area contributed by atoms with Crippen molar-refractivity contribution >= 4 is 34.8 Å². The van der Waals surface area contributed by atoms with Crippen LogP contribution in [0.1, 0.15) is 13.3 Å². The van der Waals surface area contributed by atoms with Crippen molar-refractivity contribution in [3.8, 4) is 11.5 Å². The van der Waals surface area contributed by atoms with E-state index >= 15 is 0 Å².